The minimum atomic E-state index is 0.163. The van der Waals surface area contributed by atoms with Gasteiger partial charge in [0.05, 0.1) is 4.88 Å². The molecule has 2 aromatic heterocycles. The average molecular weight is 287 g/mol. The Kier molecular flexibility index (Phi) is 3.78. The van der Waals surface area contributed by atoms with Gasteiger partial charge in [-0.1, -0.05) is 0 Å². The molecule has 20 heavy (non-hydrogen) atoms. The van der Waals surface area contributed by atoms with Gasteiger partial charge in [0, 0.05) is 30.9 Å². The van der Waals surface area contributed by atoms with Gasteiger partial charge in [-0.3, -0.25) is 4.79 Å². The molecule has 104 valence electrons. The zero-order valence-corrected chi connectivity index (χ0v) is 12.3. The van der Waals surface area contributed by atoms with Gasteiger partial charge in [0.2, 0.25) is 0 Å². The molecule has 3 rings (SSSR count). The van der Waals surface area contributed by atoms with Crippen molar-refractivity contribution in [3.63, 3.8) is 0 Å². The van der Waals surface area contributed by atoms with Crippen LogP contribution in [0.3, 0.4) is 0 Å². The van der Waals surface area contributed by atoms with Gasteiger partial charge in [-0.2, -0.15) is 0 Å². The molecule has 5 heteroatoms. The van der Waals surface area contributed by atoms with E-state index in [9.17, 15) is 4.79 Å². The molecule has 0 bridgehead atoms. The molecule has 3 heterocycles. The molecule has 1 amide bonds. The lowest BCUT2D eigenvalue weighted by Gasteiger charge is -2.32. The minimum Gasteiger partial charge on any atom is -0.337 e. The molecule has 0 aromatic carbocycles. The summed E-state index contributed by atoms with van der Waals surface area (Å²) in [4.78, 5) is 23.7. The summed E-state index contributed by atoms with van der Waals surface area (Å²) < 4.78 is 0. The second kappa shape index (κ2) is 5.71. The molecule has 1 atom stereocenters. The fourth-order valence-electron chi connectivity index (χ4n) is 2.68. The van der Waals surface area contributed by atoms with E-state index in [-0.39, 0.29) is 5.91 Å². The molecule has 1 aliphatic heterocycles. The number of rotatable bonds is 2. The fraction of sp³-hybridized carbons (Fsp3) is 0.400. The molecule has 4 nitrogen and oxygen atoms in total. The van der Waals surface area contributed by atoms with Crippen LogP contribution in [0.2, 0.25) is 0 Å². The predicted molar refractivity (Wildman–Crippen MR) is 79.0 cm³/mol. The third-order valence-electron chi connectivity index (χ3n) is 3.79. The summed E-state index contributed by atoms with van der Waals surface area (Å²) in [5.41, 5.74) is 2.12. The van der Waals surface area contributed by atoms with E-state index in [2.05, 4.69) is 9.97 Å². The van der Waals surface area contributed by atoms with Crippen LogP contribution in [-0.4, -0.2) is 33.9 Å². The summed E-state index contributed by atoms with van der Waals surface area (Å²) in [5.74, 6) is 0.493. The Hall–Kier alpha value is -1.75. The van der Waals surface area contributed by atoms with E-state index in [1.807, 2.05) is 29.3 Å². The first kappa shape index (κ1) is 13.2. The van der Waals surface area contributed by atoms with Crippen LogP contribution in [0, 0.1) is 6.92 Å². The SMILES string of the molecule is Cc1ccsc1C(=O)N1CCCC(c2ccncn2)C1. The van der Waals surface area contributed by atoms with Crippen LogP contribution in [0.5, 0.6) is 0 Å². The smallest absolute Gasteiger partial charge is 0.264 e. The zero-order valence-electron chi connectivity index (χ0n) is 11.5. The van der Waals surface area contributed by atoms with E-state index in [1.165, 1.54) is 11.3 Å². The van der Waals surface area contributed by atoms with Crippen molar-refractivity contribution in [1.82, 2.24) is 14.9 Å². The van der Waals surface area contributed by atoms with Gasteiger partial charge >= 0.3 is 0 Å². The number of carbonyl (C=O) groups excluding carboxylic acids is 1. The maximum atomic E-state index is 12.6. The summed E-state index contributed by atoms with van der Waals surface area (Å²) in [6.45, 7) is 3.60. The Morgan fingerprint density at radius 3 is 3.05 bits per heavy atom. The van der Waals surface area contributed by atoms with Gasteiger partial charge in [0.25, 0.3) is 5.91 Å². The van der Waals surface area contributed by atoms with Gasteiger partial charge in [-0.25, -0.2) is 9.97 Å². The highest BCUT2D eigenvalue weighted by Crippen LogP contribution is 2.27. The summed E-state index contributed by atoms with van der Waals surface area (Å²) in [5, 5.41) is 1.98. The number of hydrogen-bond donors (Lipinski definition) is 0. The van der Waals surface area contributed by atoms with Gasteiger partial charge in [-0.15, -0.1) is 11.3 Å². The van der Waals surface area contributed by atoms with Crippen molar-refractivity contribution in [3.8, 4) is 0 Å². The lowest BCUT2D eigenvalue weighted by molar-refractivity contribution is 0.0710. The van der Waals surface area contributed by atoms with E-state index in [1.54, 1.807) is 12.5 Å². The molecule has 0 aliphatic carbocycles. The van der Waals surface area contributed by atoms with Crippen LogP contribution < -0.4 is 0 Å². The lowest BCUT2D eigenvalue weighted by Crippen LogP contribution is -2.39. The minimum absolute atomic E-state index is 0.163. The maximum absolute atomic E-state index is 12.6. The van der Waals surface area contributed by atoms with Gasteiger partial charge in [0.1, 0.15) is 6.33 Å². The highest BCUT2D eigenvalue weighted by Gasteiger charge is 2.27. The quantitative estimate of drug-likeness (QED) is 0.853. The standard InChI is InChI=1S/C15H17N3OS/c1-11-5-8-20-14(11)15(19)18-7-2-3-12(9-18)13-4-6-16-10-17-13/h4-6,8,10,12H,2-3,7,9H2,1H3. The van der Waals surface area contributed by atoms with Crippen LogP contribution in [0.4, 0.5) is 0 Å². The number of thiophene rings is 1. The second-order valence-corrected chi connectivity index (χ2v) is 6.07. The Labute approximate surface area is 122 Å². The number of likely N-dealkylation sites (tertiary alicyclic amines) is 1. The van der Waals surface area contributed by atoms with E-state index < -0.39 is 0 Å². The molecule has 1 aliphatic rings. The normalized spacial score (nSPS) is 19.1. The number of piperidine rings is 1. The highest BCUT2D eigenvalue weighted by atomic mass is 32.1. The molecule has 2 aromatic rings. The number of aromatic nitrogens is 2. The number of hydrogen-bond acceptors (Lipinski definition) is 4. The Bertz CT molecular complexity index is 596. The number of amides is 1. The summed E-state index contributed by atoms with van der Waals surface area (Å²) in [6, 6.07) is 3.96. The fourth-order valence-corrected chi connectivity index (χ4v) is 3.57. The second-order valence-electron chi connectivity index (χ2n) is 5.16. The molecular formula is C15H17N3OS. The van der Waals surface area contributed by atoms with Crippen molar-refractivity contribution in [2.45, 2.75) is 25.7 Å². The molecule has 0 radical (unpaired) electrons. The van der Waals surface area contributed by atoms with Gasteiger partial charge < -0.3 is 4.90 Å². The van der Waals surface area contributed by atoms with E-state index in [0.717, 1.165) is 42.1 Å². The Morgan fingerprint density at radius 1 is 1.45 bits per heavy atom. The average Bonchev–Trinajstić information content (AvgIpc) is 2.94. The number of carbonyl (C=O) groups is 1. The van der Waals surface area contributed by atoms with Crippen LogP contribution in [-0.2, 0) is 0 Å². The molecule has 1 fully saturated rings. The summed E-state index contributed by atoms with van der Waals surface area (Å²) >= 11 is 1.53. The largest absolute Gasteiger partial charge is 0.337 e. The number of nitrogens with zero attached hydrogens (tertiary/aromatic N) is 3. The zero-order chi connectivity index (χ0) is 13.9. The van der Waals surface area contributed by atoms with Crippen molar-refractivity contribution < 1.29 is 4.79 Å². The summed E-state index contributed by atoms with van der Waals surface area (Å²) in [7, 11) is 0. The molecule has 0 saturated carbocycles. The van der Waals surface area contributed by atoms with E-state index >= 15 is 0 Å². The van der Waals surface area contributed by atoms with Crippen LogP contribution in [0.25, 0.3) is 0 Å². The van der Waals surface area contributed by atoms with Crippen LogP contribution in [0.15, 0.2) is 30.0 Å². The highest BCUT2D eigenvalue weighted by molar-refractivity contribution is 7.12. The van der Waals surface area contributed by atoms with Crippen molar-refractivity contribution in [2.24, 2.45) is 0 Å². The third kappa shape index (κ3) is 2.58. The predicted octanol–water partition coefficient (Wildman–Crippen LogP) is 2.87. The monoisotopic (exact) mass is 287 g/mol. The topological polar surface area (TPSA) is 46.1 Å². The van der Waals surface area contributed by atoms with Crippen LogP contribution in [0.1, 0.15) is 39.7 Å². The van der Waals surface area contributed by atoms with Crippen molar-refractivity contribution in [2.75, 3.05) is 13.1 Å². The van der Waals surface area contributed by atoms with Crippen LogP contribution >= 0.6 is 11.3 Å². The van der Waals surface area contributed by atoms with Gasteiger partial charge in [0.15, 0.2) is 0 Å². The molecule has 1 saturated heterocycles. The van der Waals surface area contributed by atoms with Crippen molar-refractivity contribution in [3.05, 3.63) is 46.2 Å². The van der Waals surface area contributed by atoms with E-state index in [4.69, 9.17) is 0 Å². The maximum Gasteiger partial charge on any atom is 0.264 e. The van der Waals surface area contributed by atoms with Crippen molar-refractivity contribution in [1.29, 1.82) is 0 Å². The lowest BCUT2D eigenvalue weighted by atomic mass is 9.94. The first-order chi connectivity index (χ1) is 9.75. The molecule has 0 N–H and O–H groups in total. The first-order valence-corrected chi connectivity index (χ1v) is 7.73. The molecule has 1 unspecified atom stereocenters. The first-order valence-electron chi connectivity index (χ1n) is 6.85. The van der Waals surface area contributed by atoms with Crippen molar-refractivity contribution >= 4 is 17.2 Å². The summed E-state index contributed by atoms with van der Waals surface area (Å²) in [6.07, 6.45) is 5.47. The molecule has 0 spiro atoms. The van der Waals surface area contributed by atoms with E-state index in [0.29, 0.717) is 5.92 Å². The number of aryl methyl sites for hydroxylation is 1. The van der Waals surface area contributed by atoms with Gasteiger partial charge in [-0.05, 0) is 42.8 Å². The Balaban J connectivity index is 1.76. The third-order valence-corrected chi connectivity index (χ3v) is 4.79. The molecular weight excluding hydrogens is 270 g/mol. The Morgan fingerprint density at radius 2 is 2.35 bits per heavy atom.